The Labute approximate surface area is 137 Å². The first kappa shape index (κ1) is 17.7. The Hall–Kier alpha value is -2.64. The quantitative estimate of drug-likeness (QED) is 0.595. The number of hydrogen-bond acceptors (Lipinski definition) is 4. The van der Waals surface area contributed by atoms with E-state index in [4.69, 9.17) is 0 Å². The standard InChI is InChI=1S/C16H18O8/c1-5-3-4-7(13(17)18)9-6(2)10(14(19)20)12(16(23)24)11(8(5)9)15(21)22/h3,6-7,10-12H,4H2,1-2H3,(H,17,18)(H,19,20)(H,21,22)(H,23,24). The molecule has 5 atom stereocenters. The van der Waals surface area contributed by atoms with E-state index >= 15 is 0 Å². The molecule has 0 aromatic rings. The molecule has 0 heterocycles. The lowest BCUT2D eigenvalue weighted by Crippen LogP contribution is -2.49. The second-order valence-corrected chi connectivity index (χ2v) is 6.22. The molecule has 0 saturated heterocycles. The van der Waals surface area contributed by atoms with E-state index in [1.54, 1.807) is 13.0 Å². The molecule has 130 valence electrons. The van der Waals surface area contributed by atoms with Gasteiger partial charge in [0.15, 0.2) is 0 Å². The highest BCUT2D eigenvalue weighted by molar-refractivity contribution is 5.90. The second kappa shape index (κ2) is 6.10. The van der Waals surface area contributed by atoms with Crippen LogP contribution in [0.5, 0.6) is 0 Å². The molecule has 2 aliphatic carbocycles. The number of carbonyl (C=O) groups is 4. The van der Waals surface area contributed by atoms with Crippen molar-refractivity contribution in [3.63, 3.8) is 0 Å². The summed E-state index contributed by atoms with van der Waals surface area (Å²) in [6.45, 7) is 3.05. The summed E-state index contributed by atoms with van der Waals surface area (Å²) in [6, 6.07) is 0. The summed E-state index contributed by atoms with van der Waals surface area (Å²) >= 11 is 0. The van der Waals surface area contributed by atoms with Crippen molar-refractivity contribution in [2.75, 3.05) is 0 Å². The van der Waals surface area contributed by atoms with Crippen LogP contribution in [0.4, 0.5) is 0 Å². The molecule has 5 unspecified atom stereocenters. The fourth-order valence-electron chi connectivity index (χ4n) is 4.00. The Bertz CT molecular complexity index is 686. The van der Waals surface area contributed by atoms with Crippen molar-refractivity contribution in [2.45, 2.75) is 20.3 Å². The normalized spacial score (nSPS) is 32.6. The van der Waals surface area contributed by atoms with Gasteiger partial charge in [-0.2, -0.15) is 0 Å². The van der Waals surface area contributed by atoms with Gasteiger partial charge in [0.05, 0.1) is 23.7 Å². The van der Waals surface area contributed by atoms with Crippen LogP contribution in [0, 0.1) is 29.6 Å². The molecule has 0 saturated carbocycles. The van der Waals surface area contributed by atoms with Gasteiger partial charge in [0.25, 0.3) is 0 Å². The third-order valence-corrected chi connectivity index (χ3v) is 4.99. The third-order valence-electron chi connectivity index (χ3n) is 4.99. The lowest BCUT2D eigenvalue weighted by Gasteiger charge is -2.42. The summed E-state index contributed by atoms with van der Waals surface area (Å²) in [4.78, 5) is 46.6. The molecule has 8 nitrogen and oxygen atoms in total. The zero-order chi connectivity index (χ0) is 18.3. The largest absolute Gasteiger partial charge is 0.481 e. The predicted octanol–water partition coefficient (Wildman–Crippen LogP) is 1.09. The Balaban J connectivity index is 2.80. The maximum absolute atomic E-state index is 11.8. The Morgan fingerprint density at radius 3 is 1.88 bits per heavy atom. The molecule has 2 aliphatic rings. The number of carboxylic acids is 4. The first-order valence-corrected chi connectivity index (χ1v) is 7.41. The first-order valence-electron chi connectivity index (χ1n) is 7.41. The van der Waals surface area contributed by atoms with Gasteiger partial charge in [-0.1, -0.05) is 18.6 Å². The fraction of sp³-hybridized carbons (Fsp3) is 0.500. The molecule has 0 amide bonds. The molecule has 0 spiro atoms. The van der Waals surface area contributed by atoms with Gasteiger partial charge in [0.2, 0.25) is 0 Å². The van der Waals surface area contributed by atoms with E-state index in [1.807, 2.05) is 0 Å². The lowest BCUT2D eigenvalue weighted by atomic mass is 9.58. The van der Waals surface area contributed by atoms with Crippen molar-refractivity contribution in [3.05, 3.63) is 22.8 Å². The molecule has 0 radical (unpaired) electrons. The molecular formula is C16H18O8. The Morgan fingerprint density at radius 2 is 1.46 bits per heavy atom. The molecule has 4 N–H and O–H groups in total. The Kier molecular flexibility index (Phi) is 4.50. The van der Waals surface area contributed by atoms with Crippen LogP contribution < -0.4 is 0 Å². The smallest absolute Gasteiger partial charge is 0.311 e. The van der Waals surface area contributed by atoms with Gasteiger partial charge in [0.1, 0.15) is 0 Å². The minimum atomic E-state index is -1.66. The summed E-state index contributed by atoms with van der Waals surface area (Å²) in [5, 5.41) is 37.9. The Morgan fingerprint density at radius 1 is 0.917 bits per heavy atom. The monoisotopic (exact) mass is 338 g/mol. The van der Waals surface area contributed by atoms with Gasteiger partial charge in [-0.25, -0.2) is 0 Å². The molecule has 8 heteroatoms. The second-order valence-electron chi connectivity index (χ2n) is 6.22. The average Bonchev–Trinajstić information content (AvgIpc) is 2.46. The molecule has 2 rings (SSSR count). The van der Waals surface area contributed by atoms with Crippen molar-refractivity contribution in [2.24, 2.45) is 29.6 Å². The number of allylic oxidation sites excluding steroid dienone is 2. The summed E-state index contributed by atoms with van der Waals surface area (Å²) in [7, 11) is 0. The molecule has 0 aromatic carbocycles. The van der Waals surface area contributed by atoms with Crippen LogP contribution in [-0.4, -0.2) is 44.3 Å². The van der Waals surface area contributed by atoms with E-state index in [2.05, 4.69) is 0 Å². The van der Waals surface area contributed by atoms with E-state index in [-0.39, 0.29) is 17.6 Å². The topological polar surface area (TPSA) is 149 Å². The maximum Gasteiger partial charge on any atom is 0.311 e. The van der Waals surface area contributed by atoms with Crippen LogP contribution in [0.1, 0.15) is 20.3 Å². The molecule has 0 aromatic heterocycles. The summed E-state index contributed by atoms with van der Waals surface area (Å²) in [6.07, 6.45) is 1.70. The van der Waals surface area contributed by atoms with Crippen LogP contribution in [0.2, 0.25) is 0 Å². The zero-order valence-electron chi connectivity index (χ0n) is 13.1. The minimum Gasteiger partial charge on any atom is -0.481 e. The molecule has 0 aliphatic heterocycles. The van der Waals surface area contributed by atoms with Crippen LogP contribution in [0.25, 0.3) is 0 Å². The highest BCUT2D eigenvalue weighted by Crippen LogP contribution is 2.50. The van der Waals surface area contributed by atoms with Gasteiger partial charge in [-0.15, -0.1) is 0 Å². The van der Waals surface area contributed by atoms with Crippen LogP contribution >= 0.6 is 0 Å². The van der Waals surface area contributed by atoms with Gasteiger partial charge in [-0.05, 0) is 30.4 Å². The van der Waals surface area contributed by atoms with E-state index in [9.17, 15) is 39.6 Å². The fourth-order valence-corrected chi connectivity index (χ4v) is 4.00. The van der Waals surface area contributed by atoms with Crippen LogP contribution in [0.3, 0.4) is 0 Å². The zero-order valence-corrected chi connectivity index (χ0v) is 13.1. The molecular weight excluding hydrogens is 320 g/mol. The van der Waals surface area contributed by atoms with Crippen LogP contribution in [0.15, 0.2) is 22.8 Å². The van der Waals surface area contributed by atoms with Gasteiger partial charge < -0.3 is 20.4 Å². The van der Waals surface area contributed by atoms with E-state index < -0.39 is 53.5 Å². The van der Waals surface area contributed by atoms with Gasteiger partial charge in [0, 0.05) is 0 Å². The highest BCUT2D eigenvalue weighted by Gasteiger charge is 2.54. The van der Waals surface area contributed by atoms with Crippen molar-refractivity contribution in [1.82, 2.24) is 0 Å². The van der Waals surface area contributed by atoms with Crippen molar-refractivity contribution in [3.8, 4) is 0 Å². The predicted molar refractivity (Wildman–Crippen MR) is 79.1 cm³/mol. The average molecular weight is 338 g/mol. The van der Waals surface area contributed by atoms with Crippen LogP contribution in [-0.2, 0) is 19.2 Å². The highest BCUT2D eigenvalue weighted by atomic mass is 16.4. The maximum atomic E-state index is 11.8. The van der Waals surface area contributed by atoms with Gasteiger partial charge >= 0.3 is 23.9 Å². The number of hydrogen-bond donors (Lipinski definition) is 4. The summed E-state index contributed by atoms with van der Waals surface area (Å²) < 4.78 is 0. The molecule has 0 bridgehead atoms. The first-order chi connectivity index (χ1) is 11.1. The van der Waals surface area contributed by atoms with E-state index in [0.717, 1.165) is 0 Å². The summed E-state index contributed by atoms with van der Waals surface area (Å²) in [5.74, 6) is -12.3. The molecule has 24 heavy (non-hydrogen) atoms. The van der Waals surface area contributed by atoms with Crippen molar-refractivity contribution >= 4 is 23.9 Å². The lowest BCUT2D eigenvalue weighted by molar-refractivity contribution is -0.163. The minimum absolute atomic E-state index is 0.126. The third kappa shape index (κ3) is 2.57. The SMILES string of the molecule is CC1=CCC(C(=O)O)C2=C1C(C(=O)O)C(C(=O)O)C(C(=O)O)C2C. The van der Waals surface area contributed by atoms with E-state index in [0.29, 0.717) is 5.57 Å². The number of aliphatic carboxylic acids is 4. The molecule has 0 fully saturated rings. The van der Waals surface area contributed by atoms with Gasteiger partial charge in [-0.3, -0.25) is 19.2 Å². The van der Waals surface area contributed by atoms with Crippen molar-refractivity contribution in [1.29, 1.82) is 0 Å². The number of carboxylic acid groups (broad SMARTS) is 4. The van der Waals surface area contributed by atoms with Crippen molar-refractivity contribution < 1.29 is 39.6 Å². The van der Waals surface area contributed by atoms with E-state index in [1.165, 1.54) is 6.92 Å². The number of rotatable bonds is 4. The summed E-state index contributed by atoms with van der Waals surface area (Å²) in [5.41, 5.74) is 0.871.